The predicted octanol–water partition coefficient (Wildman–Crippen LogP) is 9.08. The molecule has 0 spiro atoms. The van der Waals surface area contributed by atoms with E-state index in [1.807, 2.05) is 68.5 Å². The van der Waals surface area contributed by atoms with Gasteiger partial charge in [-0.05, 0) is 108 Å². The number of anilines is 1. The number of fused-ring (bicyclic) bond motifs is 2. The van der Waals surface area contributed by atoms with E-state index in [2.05, 4.69) is 9.88 Å². The smallest absolute Gasteiger partial charge is 0.410 e. The lowest BCUT2D eigenvalue weighted by Gasteiger charge is -2.49. The van der Waals surface area contributed by atoms with Gasteiger partial charge in [-0.2, -0.15) is 0 Å². The van der Waals surface area contributed by atoms with Crippen LogP contribution in [0.4, 0.5) is 10.5 Å². The van der Waals surface area contributed by atoms with Gasteiger partial charge in [0.25, 0.3) is 0 Å². The second kappa shape index (κ2) is 25.7. The van der Waals surface area contributed by atoms with Crippen molar-refractivity contribution in [3.8, 4) is 11.5 Å². The second-order valence-electron chi connectivity index (χ2n) is 23.4. The maximum absolute atomic E-state index is 15.4. The normalized spacial score (nSPS) is 38.9. The average molecular weight is 1290 g/mol. The van der Waals surface area contributed by atoms with Crippen molar-refractivity contribution in [3.05, 3.63) is 46.2 Å². The van der Waals surface area contributed by atoms with Gasteiger partial charge in [0.15, 0.2) is 39.9 Å². The Morgan fingerprint density at radius 2 is 1.57 bits per heavy atom. The Hall–Kier alpha value is -2.97. The van der Waals surface area contributed by atoms with Crippen LogP contribution in [0.5, 0.6) is 11.5 Å². The molecular weight excluding hydrogens is 1210 g/mol. The van der Waals surface area contributed by atoms with E-state index in [-0.39, 0.29) is 37.3 Å². The number of benzene rings is 1. The molecule has 8 rings (SSSR count). The maximum atomic E-state index is 15.4. The minimum atomic E-state index is -1.50. The highest BCUT2D eigenvalue weighted by atomic mass is 127. The van der Waals surface area contributed by atoms with Crippen molar-refractivity contribution in [2.24, 2.45) is 35.5 Å². The number of aliphatic hydroxyl groups excluding tert-OH is 1. The lowest BCUT2D eigenvalue weighted by molar-refractivity contribution is -0.315. The summed E-state index contributed by atoms with van der Waals surface area (Å²) in [5.74, 6) is -3.55. The number of carbonyl (C=O) groups is 4. The summed E-state index contributed by atoms with van der Waals surface area (Å²) in [6.07, 6.45) is -1.57. The number of ketones is 1. The number of esters is 2. The molecular formula is C57H80Cl2IN3O16S. The third kappa shape index (κ3) is 13.1. The lowest BCUT2D eigenvalue weighted by Crippen LogP contribution is -2.60. The van der Waals surface area contributed by atoms with Crippen LogP contribution in [0.3, 0.4) is 0 Å². The van der Waals surface area contributed by atoms with Gasteiger partial charge in [-0.25, -0.2) is 4.79 Å². The fraction of sp³-hybridized carbons (Fsp3) is 0.737. The van der Waals surface area contributed by atoms with Crippen molar-refractivity contribution in [2.45, 2.75) is 182 Å². The third-order valence-electron chi connectivity index (χ3n) is 17.6. The molecule has 1 amide bonds. The number of aliphatic hydroxyl groups is 1. The Kier molecular flexibility index (Phi) is 20.3. The molecule has 23 heteroatoms. The molecule has 1 aliphatic carbocycles. The number of methoxy groups -OCH3 is 3. The number of nitrogens with zero attached hydrogens (tertiary/aromatic N) is 3. The van der Waals surface area contributed by atoms with E-state index in [1.165, 1.54) is 26.0 Å². The zero-order valence-electron chi connectivity index (χ0n) is 48.0. The van der Waals surface area contributed by atoms with Crippen molar-refractivity contribution >= 4 is 87.1 Å². The number of aromatic nitrogens is 1. The molecule has 0 bridgehead atoms. The van der Waals surface area contributed by atoms with Gasteiger partial charge in [-0.15, -0.1) is 11.8 Å². The molecule has 5 aliphatic heterocycles. The van der Waals surface area contributed by atoms with Crippen LogP contribution in [0.2, 0.25) is 10.0 Å². The zero-order valence-corrected chi connectivity index (χ0v) is 52.5. The number of Topliss-reactive ketones (excluding diaryl/α,β-unsaturated/α-hetero) is 1. The average Bonchev–Trinajstić information content (AvgIpc) is 4.23. The van der Waals surface area contributed by atoms with Crippen molar-refractivity contribution in [1.82, 2.24) is 9.88 Å². The van der Waals surface area contributed by atoms with Gasteiger partial charge in [0.1, 0.15) is 17.1 Å². The summed E-state index contributed by atoms with van der Waals surface area (Å²) in [6, 6.07) is 5.35. The number of pyridine rings is 1. The molecule has 446 valence electrons. The number of thioether (sulfide) groups is 1. The minimum Gasteiger partial charge on any atom is -0.493 e. The van der Waals surface area contributed by atoms with E-state index >= 15 is 9.59 Å². The van der Waals surface area contributed by atoms with Crippen LogP contribution in [0.25, 0.3) is 0 Å². The van der Waals surface area contributed by atoms with E-state index < -0.39 is 117 Å². The van der Waals surface area contributed by atoms with Gasteiger partial charge in [0.2, 0.25) is 0 Å². The van der Waals surface area contributed by atoms with Gasteiger partial charge in [0, 0.05) is 99.9 Å². The number of hydrogen-bond acceptors (Lipinski definition) is 19. The molecule has 1 aromatic heterocycles. The predicted molar refractivity (Wildman–Crippen MR) is 307 cm³/mol. The van der Waals surface area contributed by atoms with Crippen molar-refractivity contribution < 1.29 is 76.4 Å². The number of likely N-dealkylation sites (N-methyl/N-ethyl adjacent to an activating group) is 1. The number of alkyl halides is 1. The molecule has 6 fully saturated rings. The van der Waals surface area contributed by atoms with Crippen LogP contribution in [-0.4, -0.2) is 167 Å². The summed E-state index contributed by atoms with van der Waals surface area (Å²) in [4.78, 5) is 66.0. The van der Waals surface area contributed by atoms with Gasteiger partial charge < -0.3 is 67.0 Å². The van der Waals surface area contributed by atoms with Crippen LogP contribution in [0, 0.1) is 35.5 Å². The van der Waals surface area contributed by atoms with Crippen molar-refractivity contribution in [3.63, 3.8) is 0 Å². The highest BCUT2D eigenvalue weighted by Crippen LogP contribution is 2.51. The van der Waals surface area contributed by atoms with E-state index in [9.17, 15) is 14.7 Å². The Morgan fingerprint density at radius 1 is 0.887 bits per heavy atom. The Labute approximate surface area is 498 Å². The number of amides is 1. The number of ether oxygens (including phenoxy) is 11. The molecule has 0 radical (unpaired) electrons. The lowest BCUT2D eigenvalue weighted by atomic mass is 9.72. The van der Waals surface area contributed by atoms with Crippen LogP contribution >= 0.6 is 57.6 Å². The molecule has 1 N–H and O–H groups in total. The van der Waals surface area contributed by atoms with E-state index in [0.29, 0.717) is 58.4 Å². The number of hydrogen-bond donors (Lipinski definition) is 1. The number of carbonyl (C=O) groups excluding carboxylic acids is 4. The fourth-order valence-electron chi connectivity index (χ4n) is 12.4. The molecule has 6 heterocycles. The van der Waals surface area contributed by atoms with E-state index in [1.54, 1.807) is 66.1 Å². The maximum Gasteiger partial charge on any atom is 0.410 e. The molecule has 5 saturated heterocycles. The molecule has 1 saturated carbocycles. The quantitative estimate of drug-likeness (QED) is 0.0678. The molecule has 19 atom stereocenters. The largest absolute Gasteiger partial charge is 0.493 e. The van der Waals surface area contributed by atoms with Crippen LogP contribution < -0.4 is 14.4 Å². The standard InChI is InChI=1S/C57H80Cl2IN3O16S/c1-28-22-56(8,71-13)49(77-52-46-39(20-29(2)73-52)62(10)54(68)76-46)31(4)45(75-42-23-55(7,70-12)48(65)33(6)74-42)32(5)50(66)78-53(60)57(9)43(30(3)44(28)64)47(51(67)79-57)80-19-18-63(26-36-37(58)24-61-25-38(36)59)35-16-17-40(69-11)41(21-35)72-27-34-14-15-34/h16-17,21,24-25,28-34,39,42-43,45-49,52-53,65H,14-15,18-20,22-23,26-27H2,1-13H3/t28-,29-,30-,31+,32-,33+,39+,42+,43+,45+,46-,47?,48+,49-,52+,53+,55-,56-,57+/m1/s1. The topological polar surface area (TPSA) is 209 Å². The first-order valence-corrected chi connectivity index (χ1v) is 30.7. The number of cyclic esters (lactones) is 1. The number of halogens is 3. The summed E-state index contributed by atoms with van der Waals surface area (Å²) in [7, 11) is 6.32. The first-order valence-electron chi connectivity index (χ1n) is 27.7. The molecule has 2 aromatic rings. The summed E-state index contributed by atoms with van der Waals surface area (Å²) >= 11 is 16.8. The first kappa shape index (κ1) is 63.1. The SMILES string of the molecule is COc1ccc(N(CCSC2C(=O)O[C@@]3(C)[C@H]2[C@@H](C)C(=O)[C@H](C)C[C@@](C)(OC)[C@H](O[C@@H]2O[C@H](C)C[C@H]4[C@H]2OC(=O)N4C)[C@@H](C)[C@H](O[C@H]2C[C@@](C)(OC)[C@@H](O)[C@H](C)O2)[C@@H](C)C(=O)O[C@@H]3I)Cc2c(Cl)cncc2Cl)cc1OCC1CC1. The number of rotatable bonds is 17. The monoisotopic (exact) mass is 1290 g/mol. The highest BCUT2D eigenvalue weighted by Gasteiger charge is 2.62. The zero-order chi connectivity index (χ0) is 58.3. The summed E-state index contributed by atoms with van der Waals surface area (Å²) in [5.41, 5.74) is -2.46. The van der Waals surface area contributed by atoms with Crippen LogP contribution in [0.1, 0.15) is 100.0 Å². The molecule has 6 aliphatic rings. The fourth-order valence-corrected chi connectivity index (χ4v) is 15.2. The Morgan fingerprint density at radius 3 is 2.23 bits per heavy atom. The van der Waals surface area contributed by atoms with Crippen molar-refractivity contribution in [2.75, 3.05) is 52.2 Å². The summed E-state index contributed by atoms with van der Waals surface area (Å²) in [6.45, 7) is 17.4. The van der Waals surface area contributed by atoms with Crippen LogP contribution in [0.15, 0.2) is 30.6 Å². The second-order valence-corrected chi connectivity index (χ2v) is 26.6. The van der Waals surface area contributed by atoms with Gasteiger partial charge in [-0.3, -0.25) is 19.4 Å². The molecule has 1 unspecified atom stereocenters. The van der Waals surface area contributed by atoms with E-state index in [4.69, 9.17) is 75.3 Å². The molecule has 1 aromatic carbocycles. The summed E-state index contributed by atoms with van der Waals surface area (Å²) in [5, 5.41) is 11.1. The van der Waals surface area contributed by atoms with Gasteiger partial charge in [0.05, 0.1) is 71.3 Å². The van der Waals surface area contributed by atoms with Crippen molar-refractivity contribution in [1.29, 1.82) is 0 Å². The Balaban J connectivity index is 1.14. The minimum absolute atomic E-state index is 0.0916. The van der Waals surface area contributed by atoms with Crippen LogP contribution in [-0.2, 0) is 63.6 Å². The molecule has 80 heavy (non-hydrogen) atoms. The van der Waals surface area contributed by atoms with E-state index in [0.717, 1.165) is 18.5 Å². The summed E-state index contributed by atoms with van der Waals surface area (Å²) < 4.78 is 68.9. The highest BCUT2D eigenvalue weighted by molar-refractivity contribution is 14.1. The van der Waals surface area contributed by atoms with Gasteiger partial charge >= 0.3 is 18.0 Å². The molecule has 19 nitrogen and oxygen atoms in total. The first-order chi connectivity index (χ1) is 37.8. The Bertz CT molecular complexity index is 2540. The van der Waals surface area contributed by atoms with Gasteiger partial charge in [-0.1, -0.05) is 44.0 Å². The third-order valence-corrected chi connectivity index (χ3v) is 21.0.